The first-order chi connectivity index (χ1) is 7.39. The third-order valence-electron chi connectivity index (χ3n) is 2.22. The lowest BCUT2D eigenvalue weighted by Crippen LogP contribution is -2.40. The number of nitrogens with one attached hydrogen (secondary N) is 1. The number of halogens is 3. The highest BCUT2D eigenvalue weighted by Crippen LogP contribution is 2.34. The molecule has 1 aliphatic rings. The molecule has 1 amide bonds. The molecule has 1 aromatic rings. The van der Waals surface area contributed by atoms with Crippen molar-refractivity contribution >= 4 is 11.6 Å². The molecule has 0 bridgehead atoms. The van der Waals surface area contributed by atoms with Crippen LogP contribution < -0.4 is 10.4 Å². The Morgan fingerprint density at radius 3 is 2.69 bits per heavy atom. The Labute approximate surface area is 88.2 Å². The quantitative estimate of drug-likeness (QED) is 0.739. The fourth-order valence-corrected chi connectivity index (χ4v) is 1.43. The molecule has 4 nitrogen and oxygen atoms in total. The molecule has 2 rings (SSSR count). The summed E-state index contributed by atoms with van der Waals surface area (Å²) in [5, 5.41) is 13.8. The largest absolute Gasteiger partial charge is 0.757 e. The summed E-state index contributed by atoms with van der Waals surface area (Å²) < 4.78 is 37.1. The first-order valence-electron chi connectivity index (χ1n) is 4.34. The molecule has 1 aliphatic heterocycles. The van der Waals surface area contributed by atoms with Crippen LogP contribution in [-0.2, 0) is 6.18 Å². The first-order valence-corrected chi connectivity index (χ1v) is 4.34. The van der Waals surface area contributed by atoms with Gasteiger partial charge in [-0.15, -0.1) is 0 Å². The molecule has 0 spiro atoms. The van der Waals surface area contributed by atoms with E-state index in [4.69, 9.17) is 0 Å². The van der Waals surface area contributed by atoms with Crippen LogP contribution in [-0.4, -0.2) is 12.6 Å². The average Bonchev–Trinajstić information content (AvgIpc) is 2.22. The Morgan fingerprint density at radius 1 is 1.38 bits per heavy atom. The van der Waals surface area contributed by atoms with E-state index in [1.807, 2.05) is 0 Å². The van der Waals surface area contributed by atoms with Gasteiger partial charge >= 0.3 is 6.18 Å². The third-order valence-corrected chi connectivity index (χ3v) is 2.22. The van der Waals surface area contributed by atoms with E-state index < -0.39 is 17.6 Å². The van der Waals surface area contributed by atoms with Crippen LogP contribution in [0.25, 0.3) is 0 Å². The number of fused-ring (bicyclic) bond motifs is 1. The van der Waals surface area contributed by atoms with Gasteiger partial charge in [0.05, 0.1) is 17.8 Å². The molecule has 1 aromatic carbocycles. The van der Waals surface area contributed by atoms with Crippen molar-refractivity contribution in [2.75, 3.05) is 11.7 Å². The minimum Gasteiger partial charge on any atom is -0.757 e. The lowest BCUT2D eigenvalue weighted by Gasteiger charge is -2.36. The first kappa shape index (κ1) is 10.7. The zero-order valence-corrected chi connectivity index (χ0v) is 7.84. The number of rotatable bonds is 0. The van der Waals surface area contributed by atoms with Gasteiger partial charge in [-0.05, 0) is 18.2 Å². The van der Waals surface area contributed by atoms with Crippen LogP contribution in [0.15, 0.2) is 18.2 Å². The summed E-state index contributed by atoms with van der Waals surface area (Å²) in [4.78, 5) is 11.2. The SMILES string of the molecule is O=C1NCN([O-])c2cc(C(F)(F)F)ccc21. The Bertz CT molecular complexity index is 445. The van der Waals surface area contributed by atoms with Crippen LogP contribution in [0.3, 0.4) is 0 Å². The van der Waals surface area contributed by atoms with Gasteiger partial charge in [0.1, 0.15) is 0 Å². The molecule has 0 saturated heterocycles. The van der Waals surface area contributed by atoms with Gasteiger partial charge in [-0.25, -0.2) is 0 Å². The number of hydroxylamine groups is 1. The number of hydrogen-bond donors (Lipinski definition) is 1. The summed E-state index contributed by atoms with van der Waals surface area (Å²) in [6.45, 7) is -0.340. The lowest BCUT2D eigenvalue weighted by molar-refractivity contribution is -0.137. The second-order valence-electron chi connectivity index (χ2n) is 3.27. The summed E-state index contributed by atoms with van der Waals surface area (Å²) in [5.41, 5.74) is -1.24. The van der Waals surface area contributed by atoms with Crippen molar-refractivity contribution < 1.29 is 18.0 Å². The van der Waals surface area contributed by atoms with Crippen molar-refractivity contribution in [3.05, 3.63) is 34.5 Å². The fourth-order valence-electron chi connectivity index (χ4n) is 1.43. The van der Waals surface area contributed by atoms with E-state index in [9.17, 15) is 23.2 Å². The van der Waals surface area contributed by atoms with Gasteiger partial charge in [0, 0.05) is 5.69 Å². The Balaban J connectivity index is 2.52. The van der Waals surface area contributed by atoms with Crippen molar-refractivity contribution in [1.82, 2.24) is 5.32 Å². The minimum absolute atomic E-state index is 0.0470. The number of benzene rings is 1. The van der Waals surface area contributed by atoms with Gasteiger partial charge in [0.2, 0.25) is 0 Å². The summed E-state index contributed by atoms with van der Waals surface area (Å²) in [7, 11) is 0. The highest BCUT2D eigenvalue weighted by Gasteiger charge is 2.32. The molecule has 16 heavy (non-hydrogen) atoms. The van der Waals surface area contributed by atoms with Crippen molar-refractivity contribution in [3.63, 3.8) is 0 Å². The second kappa shape index (κ2) is 3.38. The monoisotopic (exact) mass is 231 g/mol. The van der Waals surface area contributed by atoms with Crippen LogP contribution in [0.2, 0.25) is 0 Å². The minimum atomic E-state index is -4.52. The summed E-state index contributed by atoms with van der Waals surface area (Å²) >= 11 is 0. The molecule has 0 fully saturated rings. The Morgan fingerprint density at radius 2 is 2.06 bits per heavy atom. The van der Waals surface area contributed by atoms with Gasteiger partial charge in [-0.2, -0.15) is 13.2 Å². The van der Waals surface area contributed by atoms with Crippen molar-refractivity contribution in [3.8, 4) is 0 Å². The van der Waals surface area contributed by atoms with E-state index in [1.54, 1.807) is 0 Å². The van der Waals surface area contributed by atoms with E-state index >= 15 is 0 Å². The number of anilines is 1. The third kappa shape index (κ3) is 1.69. The zero-order valence-electron chi connectivity index (χ0n) is 7.84. The zero-order chi connectivity index (χ0) is 11.9. The van der Waals surface area contributed by atoms with E-state index in [2.05, 4.69) is 5.32 Å². The van der Waals surface area contributed by atoms with Crippen molar-refractivity contribution in [2.24, 2.45) is 0 Å². The maximum absolute atomic E-state index is 12.4. The predicted octanol–water partition coefficient (Wildman–Crippen LogP) is 1.71. The van der Waals surface area contributed by atoms with Crippen LogP contribution in [0.4, 0.5) is 18.9 Å². The molecule has 86 valence electrons. The number of carbonyl (C=O) groups excluding carboxylic acids is 1. The molecular weight excluding hydrogens is 225 g/mol. The predicted molar refractivity (Wildman–Crippen MR) is 49.6 cm³/mol. The molecule has 0 aliphatic carbocycles. The van der Waals surface area contributed by atoms with Crippen LogP contribution in [0, 0.1) is 5.21 Å². The highest BCUT2D eigenvalue weighted by atomic mass is 19.4. The molecule has 0 atom stereocenters. The summed E-state index contributed by atoms with van der Waals surface area (Å²) in [5.74, 6) is -0.546. The Hall–Kier alpha value is -1.76. The highest BCUT2D eigenvalue weighted by molar-refractivity contribution is 6.01. The van der Waals surface area contributed by atoms with E-state index in [0.717, 1.165) is 12.1 Å². The van der Waals surface area contributed by atoms with Crippen LogP contribution in [0.5, 0.6) is 0 Å². The number of amides is 1. The van der Waals surface area contributed by atoms with Gasteiger partial charge in [-0.1, -0.05) is 0 Å². The standard InChI is InChI=1S/C9H6F3N2O2/c10-9(11,12)5-1-2-6-7(3-5)14(16)4-13-8(6)15/h1-3H,4H2,(H,13,15)/q-1. The maximum Gasteiger partial charge on any atom is 0.416 e. The van der Waals surface area contributed by atoms with E-state index in [0.29, 0.717) is 11.1 Å². The van der Waals surface area contributed by atoms with E-state index in [-0.39, 0.29) is 17.9 Å². The normalized spacial score (nSPS) is 15.8. The van der Waals surface area contributed by atoms with Gasteiger partial charge < -0.3 is 15.6 Å². The van der Waals surface area contributed by atoms with Crippen molar-refractivity contribution in [1.29, 1.82) is 0 Å². The lowest BCUT2D eigenvalue weighted by atomic mass is 10.1. The van der Waals surface area contributed by atoms with Gasteiger partial charge in [-0.3, -0.25) is 4.79 Å². The fraction of sp³-hybridized carbons (Fsp3) is 0.222. The number of carbonyl (C=O) groups is 1. The maximum atomic E-state index is 12.4. The van der Waals surface area contributed by atoms with Gasteiger partial charge in [0.25, 0.3) is 5.91 Å². The molecular formula is C9H6F3N2O2-. The molecule has 7 heteroatoms. The molecule has 0 unspecified atom stereocenters. The topological polar surface area (TPSA) is 55.4 Å². The van der Waals surface area contributed by atoms with Crippen molar-refractivity contribution in [2.45, 2.75) is 6.18 Å². The molecule has 1 heterocycles. The molecule has 0 saturated carbocycles. The number of hydrogen-bond acceptors (Lipinski definition) is 3. The van der Waals surface area contributed by atoms with Gasteiger partial charge in [0.15, 0.2) is 0 Å². The summed E-state index contributed by atoms with van der Waals surface area (Å²) in [6.07, 6.45) is -4.52. The molecule has 0 radical (unpaired) electrons. The summed E-state index contributed by atoms with van der Waals surface area (Å²) in [6, 6.07) is 2.45. The number of alkyl halides is 3. The number of nitrogens with zero attached hydrogens (tertiary/aromatic N) is 1. The van der Waals surface area contributed by atoms with Crippen LogP contribution >= 0.6 is 0 Å². The molecule has 1 N–H and O–H groups in total. The Kier molecular flexibility index (Phi) is 2.27. The smallest absolute Gasteiger partial charge is 0.416 e. The van der Waals surface area contributed by atoms with Crippen LogP contribution in [0.1, 0.15) is 15.9 Å². The van der Waals surface area contributed by atoms with E-state index in [1.165, 1.54) is 0 Å². The second-order valence-corrected chi connectivity index (χ2v) is 3.27. The average molecular weight is 231 g/mol. The molecule has 0 aromatic heterocycles.